The van der Waals surface area contributed by atoms with Crippen LogP contribution in [0.3, 0.4) is 0 Å². The Morgan fingerprint density at radius 2 is 1.89 bits per heavy atom. The number of hydrogen-bond donors (Lipinski definition) is 1. The van der Waals surface area contributed by atoms with Crippen molar-refractivity contribution in [1.29, 1.82) is 0 Å². The number of nitrogens with two attached hydrogens (primary N) is 1. The van der Waals surface area contributed by atoms with Crippen LogP contribution in [0.2, 0.25) is 0 Å². The van der Waals surface area contributed by atoms with Crippen LogP contribution in [0.4, 0.5) is 14.5 Å². The fourth-order valence-corrected chi connectivity index (χ4v) is 2.28. The molecule has 4 nitrogen and oxygen atoms in total. The van der Waals surface area contributed by atoms with Gasteiger partial charge in [0, 0.05) is 13.1 Å². The number of benzene rings is 1. The second-order valence-corrected chi connectivity index (χ2v) is 4.82. The monoisotopic (exact) mass is 270 g/mol. The molecule has 1 fully saturated rings. The second kappa shape index (κ2) is 5.13. The molecular weight excluding hydrogens is 254 g/mol. The summed E-state index contributed by atoms with van der Waals surface area (Å²) in [4.78, 5) is 13.7. The number of nitrogens with zero attached hydrogens (tertiary/aromatic N) is 1. The summed E-state index contributed by atoms with van der Waals surface area (Å²) >= 11 is 0. The smallest absolute Gasteiger partial charge is 0.257 e. The Labute approximate surface area is 110 Å². The van der Waals surface area contributed by atoms with Crippen LogP contribution in [-0.2, 0) is 4.74 Å². The van der Waals surface area contributed by atoms with E-state index in [1.807, 2.05) is 13.8 Å². The normalized spacial score (nSPS) is 23.5. The van der Waals surface area contributed by atoms with Gasteiger partial charge >= 0.3 is 0 Å². The van der Waals surface area contributed by atoms with Gasteiger partial charge in [0.15, 0.2) is 5.82 Å². The van der Waals surface area contributed by atoms with Crippen molar-refractivity contribution in [1.82, 2.24) is 4.90 Å². The molecule has 1 saturated heterocycles. The summed E-state index contributed by atoms with van der Waals surface area (Å²) in [5, 5.41) is 0. The van der Waals surface area contributed by atoms with Gasteiger partial charge in [0.25, 0.3) is 5.91 Å². The van der Waals surface area contributed by atoms with Crippen molar-refractivity contribution in [2.24, 2.45) is 0 Å². The van der Waals surface area contributed by atoms with Gasteiger partial charge in [0.05, 0.1) is 23.5 Å². The molecule has 0 aromatic heterocycles. The van der Waals surface area contributed by atoms with Crippen molar-refractivity contribution >= 4 is 11.6 Å². The first kappa shape index (κ1) is 13.7. The average Bonchev–Trinajstić information content (AvgIpc) is 2.31. The Hall–Kier alpha value is -1.69. The minimum absolute atomic E-state index is 0.137. The minimum atomic E-state index is -0.877. The third-order valence-corrected chi connectivity index (χ3v) is 3.00. The molecule has 0 saturated carbocycles. The first-order valence-electron chi connectivity index (χ1n) is 6.07. The lowest BCUT2D eigenvalue weighted by atomic mass is 10.1. The van der Waals surface area contributed by atoms with Crippen LogP contribution in [0.25, 0.3) is 0 Å². The molecule has 0 spiro atoms. The van der Waals surface area contributed by atoms with Crippen molar-refractivity contribution in [3.05, 3.63) is 29.3 Å². The summed E-state index contributed by atoms with van der Waals surface area (Å²) in [5.74, 6) is -2.17. The molecule has 2 atom stereocenters. The number of morpholine rings is 1. The number of amides is 1. The highest BCUT2D eigenvalue weighted by Crippen LogP contribution is 2.21. The average molecular weight is 270 g/mol. The number of nitrogen functional groups attached to an aromatic ring is 1. The highest BCUT2D eigenvalue weighted by atomic mass is 19.1. The number of anilines is 1. The molecule has 1 aromatic carbocycles. The highest BCUT2D eigenvalue weighted by Gasteiger charge is 2.28. The first-order valence-corrected chi connectivity index (χ1v) is 6.07. The molecule has 2 rings (SSSR count). The van der Waals surface area contributed by atoms with Crippen molar-refractivity contribution in [3.63, 3.8) is 0 Å². The van der Waals surface area contributed by atoms with E-state index in [-0.39, 0.29) is 23.5 Å². The summed E-state index contributed by atoms with van der Waals surface area (Å²) in [6.45, 7) is 4.34. The van der Waals surface area contributed by atoms with Crippen LogP contribution in [0, 0.1) is 11.6 Å². The van der Waals surface area contributed by atoms with E-state index >= 15 is 0 Å². The highest BCUT2D eigenvalue weighted by molar-refractivity contribution is 5.95. The fourth-order valence-electron chi connectivity index (χ4n) is 2.28. The zero-order valence-corrected chi connectivity index (χ0v) is 10.8. The maximum Gasteiger partial charge on any atom is 0.257 e. The maximum absolute atomic E-state index is 13.8. The largest absolute Gasteiger partial charge is 0.396 e. The van der Waals surface area contributed by atoms with Gasteiger partial charge < -0.3 is 15.4 Å². The van der Waals surface area contributed by atoms with E-state index in [0.29, 0.717) is 13.1 Å². The van der Waals surface area contributed by atoms with Crippen LogP contribution >= 0.6 is 0 Å². The van der Waals surface area contributed by atoms with Crippen LogP contribution in [0.1, 0.15) is 24.2 Å². The summed E-state index contributed by atoms with van der Waals surface area (Å²) in [5.41, 5.74) is 4.64. The van der Waals surface area contributed by atoms with E-state index in [2.05, 4.69) is 0 Å². The number of rotatable bonds is 1. The first-order chi connectivity index (χ1) is 8.88. The molecule has 104 valence electrons. The van der Waals surface area contributed by atoms with Gasteiger partial charge in [-0.25, -0.2) is 8.78 Å². The lowest BCUT2D eigenvalue weighted by molar-refractivity contribution is -0.0587. The molecule has 0 aliphatic carbocycles. The standard InChI is InChI=1S/C13H16F2N2O2/c1-7-5-17(6-8(2)19-7)13(18)10-3-9(14)4-11(16)12(10)15/h3-4,7-8H,5-6,16H2,1-2H3/t7-,8+. The maximum atomic E-state index is 13.8. The lowest BCUT2D eigenvalue weighted by Gasteiger charge is -2.35. The van der Waals surface area contributed by atoms with Crippen LogP contribution in [0.15, 0.2) is 12.1 Å². The second-order valence-electron chi connectivity index (χ2n) is 4.82. The number of ether oxygens (including phenoxy) is 1. The Morgan fingerprint density at radius 3 is 2.47 bits per heavy atom. The SMILES string of the molecule is C[C@@H]1CN(C(=O)c2cc(F)cc(N)c2F)C[C@H](C)O1. The van der Waals surface area contributed by atoms with Crippen molar-refractivity contribution in [2.45, 2.75) is 26.1 Å². The summed E-state index contributed by atoms with van der Waals surface area (Å²) < 4.78 is 32.6. The van der Waals surface area contributed by atoms with Gasteiger partial charge in [-0.3, -0.25) is 4.79 Å². The van der Waals surface area contributed by atoms with Crippen molar-refractivity contribution in [3.8, 4) is 0 Å². The summed E-state index contributed by atoms with van der Waals surface area (Å²) in [6.07, 6.45) is -0.275. The molecule has 1 aromatic rings. The van der Waals surface area contributed by atoms with Gasteiger partial charge in [-0.2, -0.15) is 0 Å². The Kier molecular flexibility index (Phi) is 3.71. The zero-order valence-electron chi connectivity index (χ0n) is 10.8. The predicted octanol–water partition coefficient (Wildman–Crippen LogP) is 1.80. The molecule has 2 N–H and O–H groups in total. The van der Waals surface area contributed by atoms with Gasteiger partial charge in [-0.15, -0.1) is 0 Å². The third kappa shape index (κ3) is 2.84. The van der Waals surface area contributed by atoms with Gasteiger partial charge in [-0.1, -0.05) is 0 Å². The van der Waals surface area contributed by atoms with Crippen molar-refractivity contribution in [2.75, 3.05) is 18.8 Å². The van der Waals surface area contributed by atoms with Crippen LogP contribution < -0.4 is 5.73 Å². The fraction of sp³-hybridized carbons (Fsp3) is 0.462. The van der Waals surface area contributed by atoms with E-state index in [1.165, 1.54) is 4.90 Å². The molecule has 0 unspecified atom stereocenters. The van der Waals surface area contributed by atoms with E-state index < -0.39 is 17.5 Å². The number of halogens is 2. The molecule has 6 heteroatoms. The van der Waals surface area contributed by atoms with E-state index in [9.17, 15) is 13.6 Å². The quantitative estimate of drug-likeness (QED) is 0.792. The van der Waals surface area contributed by atoms with Gasteiger partial charge in [-0.05, 0) is 26.0 Å². The van der Waals surface area contributed by atoms with Crippen molar-refractivity contribution < 1.29 is 18.3 Å². The zero-order chi connectivity index (χ0) is 14.2. The number of hydrogen-bond acceptors (Lipinski definition) is 3. The van der Waals surface area contributed by atoms with Crippen LogP contribution in [-0.4, -0.2) is 36.1 Å². The van der Waals surface area contributed by atoms with Crippen LogP contribution in [0.5, 0.6) is 0 Å². The molecule has 1 aliphatic rings. The lowest BCUT2D eigenvalue weighted by Crippen LogP contribution is -2.48. The van der Waals surface area contributed by atoms with Gasteiger partial charge in [0.1, 0.15) is 5.82 Å². The molecule has 1 aliphatic heterocycles. The molecule has 1 amide bonds. The Morgan fingerprint density at radius 1 is 1.32 bits per heavy atom. The molecule has 0 bridgehead atoms. The van der Waals surface area contributed by atoms with Gasteiger partial charge in [0.2, 0.25) is 0 Å². The molecular formula is C13H16F2N2O2. The predicted molar refractivity (Wildman–Crippen MR) is 66.7 cm³/mol. The van der Waals surface area contributed by atoms with E-state index in [1.54, 1.807) is 0 Å². The topological polar surface area (TPSA) is 55.6 Å². The minimum Gasteiger partial charge on any atom is -0.396 e. The molecule has 0 radical (unpaired) electrons. The molecule has 19 heavy (non-hydrogen) atoms. The Bertz CT molecular complexity index is 498. The van der Waals surface area contributed by atoms with E-state index in [0.717, 1.165) is 12.1 Å². The number of carbonyl (C=O) groups is 1. The van der Waals surface area contributed by atoms with E-state index in [4.69, 9.17) is 10.5 Å². The summed E-state index contributed by atoms with van der Waals surface area (Å²) in [7, 11) is 0. The number of carbonyl (C=O) groups excluding carboxylic acids is 1. The molecule has 1 heterocycles. The Balaban J connectivity index is 2.29. The summed E-state index contributed by atoms with van der Waals surface area (Å²) in [6, 6.07) is 1.73. The third-order valence-electron chi connectivity index (χ3n) is 3.00.